The lowest BCUT2D eigenvalue weighted by Gasteiger charge is -2.05. The van der Waals surface area contributed by atoms with Gasteiger partial charge in [0.25, 0.3) is 0 Å². The van der Waals surface area contributed by atoms with Gasteiger partial charge in [-0.3, -0.25) is 4.79 Å². The van der Waals surface area contributed by atoms with E-state index >= 15 is 0 Å². The molecule has 22 heavy (non-hydrogen) atoms. The van der Waals surface area contributed by atoms with Crippen molar-refractivity contribution in [2.24, 2.45) is 0 Å². The number of halogens is 2. The fourth-order valence-electron chi connectivity index (χ4n) is 2.34. The summed E-state index contributed by atoms with van der Waals surface area (Å²) in [5.41, 5.74) is 0.685. The summed E-state index contributed by atoms with van der Waals surface area (Å²) in [6, 6.07) is 10.4. The first-order chi connectivity index (χ1) is 10.6. The molecule has 0 heterocycles. The molecule has 4 heteroatoms. The van der Waals surface area contributed by atoms with Gasteiger partial charge in [0.2, 0.25) is 0 Å². The van der Waals surface area contributed by atoms with Gasteiger partial charge in [-0.25, -0.2) is 8.78 Å². The van der Waals surface area contributed by atoms with Gasteiger partial charge in [0, 0.05) is 6.42 Å². The maximum absolute atomic E-state index is 13.4. The molecule has 2 aromatic rings. The number of phenols is 1. The highest BCUT2D eigenvalue weighted by molar-refractivity contribution is 5.96. The van der Waals surface area contributed by atoms with Crippen molar-refractivity contribution in [2.45, 2.75) is 32.1 Å². The van der Waals surface area contributed by atoms with E-state index in [0.717, 1.165) is 37.0 Å². The summed E-state index contributed by atoms with van der Waals surface area (Å²) in [6.07, 6.45) is 3.29. The van der Waals surface area contributed by atoms with Crippen molar-refractivity contribution >= 4 is 5.78 Å². The van der Waals surface area contributed by atoms with E-state index in [-0.39, 0.29) is 12.2 Å². The van der Waals surface area contributed by atoms with Crippen LogP contribution in [-0.2, 0) is 6.42 Å². The Hall–Kier alpha value is -2.23. The number of benzene rings is 2. The third-order valence-corrected chi connectivity index (χ3v) is 3.55. The number of Topliss-reactive ketones (excluding diaryl/α,β-unsaturated/α-hetero) is 1. The standard InChI is InChI=1S/C18H18F2O2/c19-15-6-4-7-16(20)18(15)17(22)8-3-1-2-5-13-9-11-14(21)12-10-13/h4,6-7,9-12,21H,1-3,5,8H2. The number of carbonyl (C=O) groups excluding carboxylic acids is 1. The summed E-state index contributed by atoms with van der Waals surface area (Å²) >= 11 is 0. The zero-order valence-electron chi connectivity index (χ0n) is 12.2. The molecule has 116 valence electrons. The van der Waals surface area contributed by atoms with Crippen molar-refractivity contribution in [1.29, 1.82) is 0 Å². The molecule has 0 radical (unpaired) electrons. The van der Waals surface area contributed by atoms with Crippen LogP contribution >= 0.6 is 0 Å². The highest BCUT2D eigenvalue weighted by atomic mass is 19.1. The first kappa shape index (κ1) is 16.1. The van der Waals surface area contributed by atoms with Gasteiger partial charge in [-0.15, -0.1) is 0 Å². The molecule has 1 N–H and O–H groups in total. The molecule has 0 aliphatic rings. The largest absolute Gasteiger partial charge is 0.508 e. The molecule has 2 nitrogen and oxygen atoms in total. The Labute approximate surface area is 128 Å². The maximum Gasteiger partial charge on any atom is 0.168 e. The van der Waals surface area contributed by atoms with E-state index in [0.29, 0.717) is 6.42 Å². The van der Waals surface area contributed by atoms with E-state index in [1.807, 2.05) is 12.1 Å². The predicted octanol–water partition coefficient (Wildman–Crippen LogP) is 4.66. The Bertz CT molecular complexity index is 616. The van der Waals surface area contributed by atoms with Gasteiger partial charge in [-0.05, 0) is 49.1 Å². The zero-order valence-corrected chi connectivity index (χ0v) is 12.2. The lowest BCUT2D eigenvalue weighted by atomic mass is 10.0. The first-order valence-electron chi connectivity index (χ1n) is 7.33. The molecular weight excluding hydrogens is 286 g/mol. The molecule has 2 aromatic carbocycles. The summed E-state index contributed by atoms with van der Waals surface area (Å²) in [6.45, 7) is 0. The van der Waals surface area contributed by atoms with E-state index in [2.05, 4.69) is 0 Å². The van der Waals surface area contributed by atoms with Crippen LogP contribution in [0.3, 0.4) is 0 Å². The number of hydrogen-bond donors (Lipinski definition) is 1. The summed E-state index contributed by atoms with van der Waals surface area (Å²) < 4.78 is 26.9. The van der Waals surface area contributed by atoms with Crippen molar-refractivity contribution in [3.63, 3.8) is 0 Å². The molecule has 0 aliphatic carbocycles. The summed E-state index contributed by atoms with van der Waals surface area (Å²) in [7, 11) is 0. The summed E-state index contributed by atoms with van der Waals surface area (Å²) in [5.74, 6) is -1.84. The molecule has 0 aliphatic heterocycles. The van der Waals surface area contributed by atoms with Gasteiger partial charge in [0.15, 0.2) is 5.78 Å². The monoisotopic (exact) mass is 304 g/mol. The molecule has 0 saturated carbocycles. The number of hydrogen-bond acceptors (Lipinski definition) is 2. The van der Waals surface area contributed by atoms with Crippen LogP contribution in [0.4, 0.5) is 8.78 Å². The normalized spacial score (nSPS) is 10.6. The minimum Gasteiger partial charge on any atom is -0.508 e. The van der Waals surface area contributed by atoms with E-state index in [4.69, 9.17) is 0 Å². The highest BCUT2D eigenvalue weighted by Gasteiger charge is 2.16. The van der Waals surface area contributed by atoms with Crippen LogP contribution in [0, 0.1) is 11.6 Å². The number of rotatable bonds is 7. The molecule has 0 aromatic heterocycles. The van der Waals surface area contributed by atoms with Crippen LogP contribution in [0.2, 0.25) is 0 Å². The van der Waals surface area contributed by atoms with Gasteiger partial charge in [0.05, 0.1) is 5.56 Å². The topological polar surface area (TPSA) is 37.3 Å². The minimum atomic E-state index is -0.797. The fourth-order valence-corrected chi connectivity index (χ4v) is 2.34. The van der Waals surface area contributed by atoms with Crippen molar-refractivity contribution in [3.05, 3.63) is 65.2 Å². The number of phenolic OH excluding ortho intramolecular Hbond substituents is 1. The Morgan fingerprint density at radius 1 is 0.909 bits per heavy atom. The number of unbranched alkanes of at least 4 members (excludes halogenated alkanes) is 2. The Morgan fingerprint density at radius 3 is 2.18 bits per heavy atom. The average molecular weight is 304 g/mol. The van der Waals surface area contributed by atoms with Gasteiger partial charge < -0.3 is 5.11 Å². The quantitative estimate of drug-likeness (QED) is 0.597. The van der Waals surface area contributed by atoms with Gasteiger partial charge in [-0.1, -0.05) is 24.6 Å². The SMILES string of the molecule is O=C(CCCCCc1ccc(O)cc1)c1c(F)cccc1F. The van der Waals surface area contributed by atoms with Crippen LogP contribution < -0.4 is 0 Å². The molecule has 0 unspecified atom stereocenters. The van der Waals surface area contributed by atoms with Crippen molar-refractivity contribution in [3.8, 4) is 5.75 Å². The lowest BCUT2D eigenvalue weighted by molar-refractivity contribution is 0.0971. The van der Waals surface area contributed by atoms with Crippen LogP contribution in [0.15, 0.2) is 42.5 Å². The number of ketones is 1. The van der Waals surface area contributed by atoms with Crippen LogP contribution in [0.25, 0.3) is 0 Å². The Kier molecular flexibility index (Phi) is 5.64. The Balaban J connectivity index is 1.74. The van der Waals surface area contributed by atoms with E-state index in [1.54, 1.807) is 12.1 Å². The zero-order chi connectivity index (χ0) is 15.9. The molecule has 0 spiro atoms. The van der Waals surface area contributed by atoms with Crippen LogP contribution in [-0.4, -0.2) is 10.9 Å². The summed E-state index contributed by atoms with van der Waals surface area (Å²) in [4.78, 5) is 11.8. The molecule has 2 rings (SSSR count). The molecule has 0 fully saturated rings. The van der Waals surface area contributed by atoms with E-state index in [1.165, 1.54) is 6.07 Å². The Morgan fingerprint density at radius 2 is 1.55 bits per heavy atom. The van der Waals surface area contributed by atoms with Gasteiger partial charge >= 0.3 is 0 Å². The number of aromatic hydroxyl groups is 1. The van der Waals surface area contributed by atoms with Gasteiger partial charge in [0.1, 0.15) is 17.4 Å². The molecule has 0 amide bonds. The second kappa shape index (κ2) is 7.69. The molecular formula is C18H18F2O2. The smallest absolute Gasteiger partial charge is 0.168 e. The van der Waals surface area contributed by atoms with Crippen molar-refractivity contribution < 1.29 is 18.7 Å². The lowest BCUT2D eigenvalue weighted by Crippen LogP contribution is -2.05. The van der Waals surface area contributed by atoms with Crippen molar-refractivity contribution in [2.75, 3.05) is 0 Å². The number of aryl methyl sites for hydroxylation is 1. The molecule has 0 bridgehead atoms. The van der Waals surface area contributed by atoms with Crippen LogP contribution in [0.5, 0.6) is 5.75 Å². The first-order valence-corrected chi connectivity index (χ1v) is 7.33. The maximum atomic E-state index is 13.4. The van der Waals surface area contributed by atoms with Crippen LogP contribution in [0.1, 0.15) is 41.6 Å². The second-order valence-electron chi connectivity index (χ2n) is 5.25. The summed E-state index contributed by atoms with van der Waals surface area (Å²) in [5, 5.41) is 9.18. The minimum absolute atomic E-state index is 0.146. The third kappa shape index (κ3) is 4.38. The third-order valence-electron chi connectivity index (χ3n) is 3.55. The van der Waals surface area contributed by atoms with E-state index in [9.17, 15) is 18.7 Å². The molecule has 0 atom stereocenters. The van der Waals surface area contributed by atoms with Gasteiger partial charge in [-0.2, -0.15) is 0 Å². The van der Waals surface area contributed by atoms with Crippen molar-refractivity contribution in [1.82, 2.24) is 0 Å². The average Bonchev–Trinajstić information content (AvgIpc) is 2.48. The molecule has 0 saturated heterocycles. The second-order valence-corrected chi connectivity index (χ2v) is 5.25. The van der Waals surface area contributed by atoms with E-state index < -0.39 is 23.0 Å². The highest BCUT2D eigenvalue weighted by Crippen LogP contribution is 2.17. The number of carbonyl (C=O) groups is 1. The fraction of sp³-hybridized carbons (Fsp3) is 0.278. The predicted molar refractivity (Wildman–Crippen MR) is 81.0 cm³/mol.